The van der Waals surface area contributed by atoms with Crippen molar-refractivity contribution in [3.05, 3.63) is 29.8 Å². The highest BCUT2D eigenvalue weighted by atomic mass is 19.1. The zero-order chi connectivity index (χ0) is 15.7. The van der Waals surface area contributed by atoms with E-state index in [0.29, 0.717) is 42.7 Å². The van der Waals surface area contributed by atoms with Crippen LogP contribution in [0.3, 0.4) is 0 Å². The Kier molecular flexibility index (Phi) is 3.56. The topological polar surface area (TPSA) is 84.1 Å². The molecule has 1 aliphatic carbocycles. The van der Waals surface area contributed by atoms with Gasteiger partial charge in [-0.1, -0.05) is 0 Å². The minimum Gasteiger partial charge on any atom is -0.468 e. The number of nitrogens with one attached hydrogen (secondary N) is 2. The van der Waals surface area contributed by atoms with Gasteiger partial charge in [-0.2, -0.15) is 0 Å². The molecule has 0 saturated heterocycles. The summed E-state index contributed by atoms with van der Waals surface area (Å²) < 4.78 is 17.8. The Morgan fingerprint density at radius 1 is 1.45 bits per heavy atom. The summed E-state index contributed by atoms with van der Waals surface area (Å²) in [6, 6.07) is 4.32. The molecule has 6 nitrogen and oxygen atoms in total. The lowest BCUT2D eigenvalue weighted by Crippen LogP contribution is -2.38. The molecule has 0 spiro atoms. The van der Waals surface area contributed by atoms with Crippen molar-refractivity contribution in [1.82, 2.24) is 15.3 Å². The normalized spacial score (nSPS) is 15.5. The van der Waals surface area contributed by atoms with Crippen molar-refractivity contribution in [3.63, 3.8) is 0 Å². The van der Waals surface area contributed by atoms with Crippen LogP contribution in [0.1, 0.15) is 18.7 Å². The van der Waals surface area contributed by atoms with Gasteiger partial charge >= 0.3 is 5.97 Å². The van der Waals surface area contributed by atoms with Crippen LogP contribution in [0, 0.1) is 11.2 Å². The fourth-order valence-electron chi connectivity index (χ4n) is 2.46. The molecule has 1 amide bonds. The minimum atomic E-state index is -0.994. The summed E-state index contributed by atoms with van der Waals surface area (Å²) in [5.74, 6) is -0.459. The molecule has 1 aromatic carbocycles. The number of nitrogens with zero attached hydrogens (tertiary/aromatic N) is 1. The molecule has 1 aromatic heterocycles. The van der Waals surface area contributed by atoms with Crippen molar-refractivity contribution in [3.8, 4) is 0 Å². The van der Waals surface area contributed by atoms with Gasteiger partial charge in [-0.05, 0) is 31.0 Å². The number of esters is 1. The number of aromatic amines is 1. The largest absolute Gasteiger partial charge is 0.468 e. The van der Waals surface area contributed by atoms with E-state index in [1.54, 1.807) is 6.07 Å². The Hall–Kier alpha value is -2.44. The van der Waals surface area contributed by atoms with Gasteiger partial charge in [-0.25, -0.2) is 9.37 Å². The van der Waals surface area contributed by atoms with Crippen LogP contribution >= 0.6 is 0 Å². The molecular weight excluding hydrogens is 289 g/mol. The van der Waals surface area contributed by atoms with Gasteiger partial charge in [0.05, 0.1) is 18.1 Å². The molecule has 1 saturated carbocycles. The predicted octanol–water partition coefficient (Wildman–Crippen LogP) is 1.31. The zero-order valence-corrected chi connectivity index (χ0v) is 12.1. The number of ether oxygens (including phenoxy) is 1. The monoisotopic (exact) mass is 305 g/mol. The maximum absolute atomic E-state index is 13.1. The van der Waals surface area contributed by atoms with E-state index in [4.69, 9.17) is 0 Å². The van der Waals surface area contributed by atoms with Crippen molar-refractivity contribution >= 4 is 22.9 Å². The fraction of sp³-hybridized carbons (Fsp3) is 0.400. The van der Waals surface area contributed by atoms with Gasteiger partial charge in [-0.3, -0.25) is 9.59 Å². The third-order valence-corrected chi connectivity index (χ3v) is 3.90. The third-order valence-electron chi connectivity index (χ3n) is 3.90. The molecule has 22 heavy (non-hydrogen) atoms. The number of methoxy groups -OCH3 is 1. The summed E-state index contributed by atoms with van der Waals surface area (Å²) in [6.45, 7) is 0.347. The number of hydrogen-bond acceptors (Lipinski definition) is 4. The summed E-state index contributed by atoms with van der Waals surface area (Å²) in [6.07, 6.45) is 1.52. The maximum atomic E-state index is 13.1. The smallest absolute Gasteiger partial charge is 0.321 e. The lowest BCUT2D eigenvalue weighted by molar-refractivity contribution is -0.152. The van der Waals surface area contributed by atoms with Crippen molar-refractivity contribution in [2.45, 2.75) is 19.3 Å². The number of H-pyrrole nitrogens is 1. The lowest BCUT2D eigenvalue weighted by atomic mass is 10.1. The van der Waals surface area contributed by atoms with Crippen LogP contribution in [0.5, 0.6) is 0 Å². The maximum Gasteiger partial charge on any atom is 0.321 e. The number of imidazole rings is 1. The fourth-order valence-corrected chi connectivity index (χ4v) is 2.46. The molecule has 2 aromatic rings. The molecule has 0 atom stereocenters. The van der Waals surface area contributed by atoms with Gasteiger partial charge in [0.25, 0.3) is 0 Å². The van der Waals surface area contributed by atoms with Gasteiger partial charge in [0, 0.05) is 13.0 Å². The molecule has 0 radical (unpaired) electrons. The van der Waals surface area contributed by atoms with Gasteiger partial charge in [0.2, 0.25) is 5.91 Å². The Labute approximate surface area is 126 Å². The zero-order valence-electron chi connectivity index (χ0n) is 12.1. The lowest BCUT2D eigenvalue weighted by Gasteiger charge is -2.12. The summed E-state index contributed by atoms with van der Waals surface area (Å²) in [7, 11) is 1.28. The van der Waals surface area contributed by atoms with Gasteiger partial charge in [0.15, 0.2) is 0 Å². The van der Waals surface area contributed by atoms with Crippen molar-refractivity contribution in [2.24, 2.45) is 5.41 Å². The van der Waals surface area contributed by atoms with E-state index in [1.807, 2.05) is 0 Å². The summed E-state index contributed by atoms with van der Waals surface area (Å²) in [4.78, 5) is 30.9. The van der Waals surface area contributed by atoms with Gasteiger partial charge < -0.3 is 15.0 Å². The molecule has 0 unspecified atom stereocenters. The molecule has 1 aliphatic rings. The van der Waals surface area contributed by atoms with Crippen LogP contribution in [-0.4, -0.2) is 35.5 Å². The highest BCUT2D eigenvalue weighted by Crippen LogP contribution is 2.46. The molecule has 0 aliphatic heterocycles. The Balaban J connectivity index is 1.58. The second-order valence-electron chi connectivity index (χ2n) is 5.42. The average molecular weight is 305 g/mol. The molecule has 7 heteroatoms. The van der Waals surface area contributed by atoms with E-state index in [1.165, 1.54) is 19.2 Å². The third kappa shape index (κ3) is 2.54. The number of hydrogen-bond donors (Lipinski definition) is 2. The van der Waals surface area contributed by atoms with E-state index in [9.17, 15) is 14.0 Å². The summed E-state index contributed by atoms with van der Waals surface area (Å²) in [5, 5.41) is 2.73. The molecule has 1 heterocycles. The number of aromatic nitrogens is 2. The van der Waals surface area contributed by atoms with Gasteiger partial charge in [-0.15, -0.1) is 0 Å². The first kappa shape index (κ1) is 14.5. The number of halogens is 1. The quantitative estimate of drug-likeness (QED) is 0.644. The van der Waals surface area contributed by atoms with E-state index in [2.05, 4.69) is 20.0 Å². The molecule has 3 rings (SSSR count). The number of carbonyl (C=O) groups excluding carboxylic acids is 2. The van der Waals surface area contributed by atoms with E-state index >= 15 is 0 Å². The SMILES string of the molecule is COC(=O)C1(C(=O)NCCc2nc3ccc(F)cc3[nH]2)CC1. The van der Waals surface area contributed by atoms with Crippen LogP contribution in [0.2, 0.25) is 0 Å². The Bertz CT molecular complexity index is 737. The first-order valence-corrected chi connectivity index (χ1v) is 7.06. The van der Waals surface area contributed by atoms with E-state index in [0.717, 1.165) is 0 Å². The standard InChI is InChI=1S/C15H16FN3O3/c1-22-14(21)15(5-6-15)13(20)17-7-4-12-18-10-3-2-9(16)8-11(10)19-12/h2-3,8H,4-7H2,1H3,(H,17,20)(H,18,19). The number of fused-ring (bicyclic) bond motifs is 1. The second-order valence-corrected chi connectivity index (χ2v) is 5.42. The van der Waals surface area contributed by atoms with Crippen LogP contribution in [-0.2, 0) is 20.7 Å². The number of amides is 1. The minimum absolute atomic E-state index is 0.304. The second kappa shape index (κ2) is 5.40. The van der Waals surface area contributed by atoms with Crippen LogP contribution in [0.25, 0.3) is 11.0 Å². The number of benzene rings is 1. The summed E-state index contributed by atoms with van der Waals surface area (Å²) >= 11 is 0. The molecule has 1 fully saturated rings. The predicted molar refractivity (Wildman–Crippen MR) is 76.4 cm³/mol. The van der Waals surface area contributed by atoms with Crippen LogP contribution in [0.4, 0.5) is 4.39 Å². The number of rotatable bonds is 5. The highest BCUT2D eigenvalue weighted by molar-refractivity contribution is 6.05. The van der Waals surface area contributed by atoms with E-state index in [-0.39, 0.29) is 11.7 Å². The Morgan fingerprint density at radius 3 is 2.91 bits per heavy atom. The number of carbonyl (C=O) groups is 2. The highest BCUT2D eigenvalue weighted by Gasteiger charge is 2.57. The van der Waals surface area contributed by atoms with Crippen LogP contribution < -0.4 is 5.32 Å². The van der Waals surface area contributed by atoms with Crippen molar-refractivity contribution in [1.29, 1.82) is 0 Å². The summed E-state index contributed by atoms with van der Waals surface area (Å²) in [5.41, 5.74) is 0.302. The average Bonchev–Trinajstić information content (AvgIpc) is 3.22. The first-order chi connectivity index (χ1) is 10.5. The van der Waals surface area contributed by atoms with Crippen molar-refractivity contribution in [2.75, 3.05) is 13.7 Å². The molecular formula is C15H16FN3O3. The van der Waals surface area contributed by atoms with Gasteiger partial charge in [0.1, 0.15) is 17.1 Å². The van der Waals surface area contributed by atoms with Crippen LogP contribution in [0.15, 0.2) is 18.2 Å². The Morgan fingerprint density at radius 2 is 2.23 bits per heavy atom. The molecule has 2 N–H and O–H groups in total. The van der Waals surface area contributed by atoms with E-state index < -0.39 is 11.4 Å². The first-order valence-electron chi connectivity index (χ1n) is 7.06. The molecule has 116 valence electrons. The molecule has 0 bridgehead atoms. The van der Waals surface area contributed by atoms with Crippen molar-refractivity contribution < 1.29 is 18.7 Å².